The van der Waals surface area contributed by atoms with Gasteiger partial charge in [-0.15, -0.1) is 0 Å². The van der Waals surface area contributed by atoms with E-state index >= 15 is 4.39 Å². The Balaban J connectivity index is 1.16. The van der Waals surface area contributed by atoms with Crippen molar-refractivity contribution in [1.29, 1.82) is 0 Å². The van der Waals surface area contributed by atoms with Crippen LogP contribution in [0.3, 0.4) is 0 Å². The summed E-state index contributed by atoms with van der Waals surface area (Å²) in [6.07, 6.45) is 5.82. The average Bonchev–Trinajstić information content (AvgIpc) is 3.37. The Morgan fingerprint density at radius 3 is 2.77 bits per heavy atom. The van der Waals surface area contributed by atoms with E-state index in [0.717, 1.165) is 14.4 Å². The number of nitrogens with one attached hydrogen (secondary N) is 3. The number of piperazine rings is 1. The number of amides is 1. The highest BCUT2D eigenvalue weighted by Crippen LogP contribution is 2.33. The predicted molar refractivity (Wildman–Crippen MR) is 152 cm³/mol. The molecule has 1 aromatic carbocycles. The number of hydrogen-bond acceptors (Lipinski definition) is 9. The molecule has 3 N–H and O–H groups in total. The van der Waals surface area contributed by atoms with Crippen LogP contribution in [0.4, 0.5) is 10.1 Å². The van der Waals surface area contributed by atoms with Crippen LogP contribution in [0.25, 0.3) is 0 Å². The van der Waals surface area contributed by atoms with E-state index in [1.165, 1.54) is 11.1 Å². The van der Waals surface area contributed by atoms with Gasteiger partial charge in [-0.3, -0.25) is 4.79 Å². The highest BCUT2D eigenvalue weighted by atomic mass is 19.1. The molecule has 43 heavy (non-hydrogen) atoms. The van der Waals surface area contributed by atoms with Crippen LogP contribution in [0, 0.1) is 27.5 Å². The molecule has 15 heteroatoms. The molecule has 0 saturated carbocycles. The normalized spacial score (nSPS) is 31.0. The molecule has 14 nitrogen and oxygen atoms in total. The van der Waals surface area contributed by atoms with Crippen LogP contribution in [-0.2, 0) is 4.79 Å². The second-order valence-corrected chi connectivity index (χ2v) is 11.5. The molecule has 5 aliphatic heterocycles. The maximum absolute atomic E-state index is 15.7. The van der Waals surface area contributed by atoms with Gasteiger partial charge >= 0.3 is 6.04 Å². The second-order valence-electron chi connectivity index (χ2n) is 11.5. The first-order chi connectivity index (χ1) is 20.7. The van der Waals surface area contributed by atoms with E-state index in [4.69, 9.17) is 4.74 Å². The third kappa shape index (κ3) is 5.32. The van der Waals surface area contributed by atoms with Crippen LogP contribution in [-0.4, -0.2) is 105 Å². The monoisotopic (exact) mass is 598 g/mol. The number of rotatable bonds is 6. The Hall–Kier alpha value is -4.08. The van der Waals surface area contributed by atoms with Crippen molar-refractivity contribution in [3.05, 3.63) is 75.0 Å². The lowest BCUT2D eigenvalue weighted by Crippen LogP contribution is -2.70. The van der Waals surface area contributed by atoms with Gasteiger partial charge in [0.15, 0.2) is 18.1 Å². The van der Waals surface area contributed by atoms with Gasteiger partial charge in [-0.2, -0.15) is 0 Å². The summed E-state index contributed by atoms with van der Waals surface area (Å²) in [5, 5.41) is 10.8. The number of halogens is 1. The molecule has 4 fully saturated rings. The van der Waals surface area contributed by atoms with Gasteiger partial charge in [0.1, 0.15) is 16.4 Å². The van der Waals surface area contributed by atoms with Crippen molar-refractivity contribution >= 4 is 11.6 Å². The molecular weight excluding hydrogens is 561 g/mol. The van der Waals surface area contributed by atoms with Crippen LogP contribution in [0.1, 0.15) is 25.3 Å². The lowest BCUT2D eigenvalue weighted by Gasteiger charge is -2.42. The molecule has 5 unspecified atom stereocenters. The zero-order valence-corrected chi connectivity index (χ0v) is 24.2. The highest BCUT2D eigenvalue weighted by molar-refractivity contribution is 5.87. The molecule has 0 spiro atoms. The lowest BCUT2D eigenvalue weighted by molar-refractivity contribution is -0.730. The minimum atomic E-state index is -0.774. The second kappa shape index (κ2) is 11.5. The zero-order chi connectivity index (χ0) is 30.4. The molecule has 5 heterocycles. The van der Waals surface area contributed by atoms with Crippen molar-refractivity contribution in [3.8, 4) is 5.75 Å². The van der Waals surface area contributed by atoms with E-state index in [2.05, 4.69) is 27.4 Å². The summed E-state index contributed by atoms with van der Waals surface area (Å²) < 4.78 is 23.5. The Labute approximate surface area is 247 Å². The van der Waals surface area contributed by atoms with Gasteiger partial charge in [0.2, 0.25) is 12.6 Å². The quantitative estimate of drug-likeness (QED) is 0.325. The molecule has 0 radical (unpaired) electrons. The molecule has 0 aromatic heterocycles. The van der Waals surface area contributed by atoms with Gasteiger partial charge in [0, 0.05) is 75.6 Å². The summed E-state index contributed by atoms with van der Waals surface area (Å²) in [5.74, 6) is 0.120. The van der Waals surface area contributed by atoms with Crippen LogP contribution in [0.2, 0.25) is 0 Å². The van der Waals surface area contributed by atoms with E-state index in [1.807, 2.05) is 6.92 Å². The van der Waals surface area contributed by atoms with E-state index in [0.29, 0.717) is 44.0 Å². The number of nitroso groups, excluding NO2 is 3. The standard InChI is InChI=1S/C28H37FN9O5/c1-4-25(39)34-12-11-33(14-17(34)2)24-8-6-21-27(38(24)42)28(31-15-36(21)40)32-20-5-7-22(18(3)26(20)29)43-19-9-10-35-23(13-19)30-16-37(35)41/h4-5,7,9-10,13,17,21,23-24,27-28,30-32H,1,6,8,11-12,14-16H2,2-3H3/q+3/t17-,21?,23?,24?,27?,28?/m1/s1. The van der Waals surface area contributed by atoms with Crippen molar-refractivity contribution in [2.75, 3.05) is 38.3 Å². The third-order valence-electron chi connectivity index (χ3n) is 8.99. The summed E-state index contributed by atoms with van der Waals surface area (Å²) in [5.41, 5.74) is 0.450. The Bertz CT molecular complexity index is 1430. The number of piperidine rings is 1. The fourth-order valence-electron chi connectivity index (χ4n) is 6.68. The van der Waals surface area contributed by atoms with Crippen molar-refractivity contribution in [2.45, 2.75) is 63.3 Å². The first-order valence-electron chi connectivity index (χ1n) is 14.6. The smallest absolute Gasteiger partial charge is 0.300 e. The van der Waals surface area contributed by atoms with Gasteiger partial charge in [0.05, 0.1) is 16.8 Å². The van der Waals surface area contributed by atoms with Crippen LogP contribution >= 0.6 is 0 Å². The van der Waals surface area contributed by atoms with Crippen LogP contribution in [0.15, 0.2) is 48.9 Å². The average molecular weight is 599 g/mol. The highest BCUT2D eigenvalue weighted by Gasteiger charge is 2.60. The van der Waals surface area contributed by atoms with Crippen LogP contribution in [0.5, 0.6) is 5.75 Å². The largest absolute Gasteiger partial charge is 0.457 e. The predicted octanol–water partition coefficient (Wildman–Crippen LogP) is 1.24. The van der Waals surface area contributed by atoms with Gasteiger partial charge < -0.3 is 15.0 Å². The molecule has 1 amide bonds. The van der Waals surface area contributed by atoms with Crippen molar-refractivity contribution in [2.24, 2.45) is 0 Å². The summed E-state index contributed by atoms with van der Waals surface area (Å²) in [6, 6.07) is 1.78. The zero-order valence-electron chi connectivity index (χ0n) is 24.2. The Morgan fingerprint density at radius 1 is 1.19 bits per heavy atom. The van der Waals surface area contributed by atoms with Crippen molar-refractivity contribution in [3.63, 3.8) is 0 Å². The molecular formula is C28H37FN9O5+3. The molecule has 6 rings (SSSR count). The van der Waals surface area contributed by atoms with Crippen molar-refractivity contribution < 1.29 is 28.3 Å². The van der Waals surface area contributed by atoms with Crippen LogP contribution < -0.4 is 20.7 Å². The van der Waals surface area contributed by atoms with E-state index in [9.17, 15) is 19.5 Å². The molecule has 0 aliphatic carbocycles. The van der Waals surface area contributed by atoms with E-state index in [1.54, 1.807) is 42.3 Å². The minimum Gasteiger partial charge on any atom is -0.457 e. The number of fused-ring (bicyclic) bond motifs is 2. The Kier molecular flexibility index (Phi) is 7.79. The van der Waals surface area contributed by atoms with E-state index < -0.39 is 30.2 Å². The number of benzene rings is 1. The SMILES string of the molecule is C=CC(=O)N1CCN(C2CCC3C(C(Nc4ccc(OC5=CC6NC[N+](=O)N6C=C5)c(C)c4F)NC[N+]3=O)[N+]2=O)C[C@H]1C. The maximum Gasteiger partial charge on any atom is 0.300 e. The Morgan fingerprint density at radius 2 is 2.00 bits per heavy atom. The molecule has 6 atom stereocenters. The van der Waals surface area contributed by atoms with Crippen molar-refractivity contribution in [1.82, 2.24) is 25.4 Å². The van der Waals surface area contributed by atoms with Gasteiger partial charge in [-0.25, -0.2) is 19.9 Å². The fourth-order valence-corrected chi connectivity index (χ4v) is 6.68. The molecule has 0 bridgehead atoms. The number of carbonyl (C=O) groups is 1. The minimum absolute atomic E-state index is 0.00596. The topological polar surface area (TPSA) is 132 Å². The number of anilines is 1. The van der Waals surface area contributed by atoms with E-state index in [-0.39, 0.29) is 42.7 Å². The maximum atomic E-state index is 15.7. The number of allylic oxidation sites excluding steroid dienone is 1. The van der Waals surface area contributed by atoms with Gasteiger partial charge in [0.25, 0.3) is 18.9 Å². The lowest BCUT2D eigenvalue weighted by atomic mass is 9.91. The summed E-state index contributed by atoms with van der Waals surface area (Å²) in [4.78, 5) is 55.2. The molecule has 228 valence electrons. The van der Waals surface area contributed by atoms with Gasteiger partial charge in [-0.05, 0) is 32.1 Å². The summed E-state index contributed by atoms with van der Waals surface area (Å²) in [6.45, 7) is 8.82. The molecule has 4 saturated heterocycles. The molecule has 1 aromatic rings. The number of nitrogens with zero attached hydrogens (tertiary/aromatic N) is 6. The number of hydrazine groups is 1. The van der Waals surface area contributed by atoms with Gasteiger partial charge in [-0.1, -0.05) is 11.6 Å². The number of hydrogen-bond donors (Lipinski definition) is 3. The molecule has 5 aliphatic rings. The summed E-state index contributed by atoms with van der Waals surface area (Å²) in [7, 11) is 0. The third-order valence-corrected chi connectivity index (χ3v) is 8.99. The summed E-state index contributed by atoms with van der Waals surface area (Å²) >= 11 is 0. The first-order valence-corrected chi connectivity index (χ1v) is 14.6. The number of ether oxygens (including phenoxy) is 1. The first kappa shape index (κ1) is 29.0. The number of carbonyl (C=O) groups excluding carboxylic acids is 1. The fraction of sp³-hybridized carbons (Fsp3) is 0.536.